The summed E-state index contributed by atoms with van der Waals surface area (Å²) in [6.45, 7) is 10.2. The van der Waals surface area contributed by atoms with Gasteiger partial charge in [0, 0.05) is 62.3 Å². The van der Waals surface area contributed by atoms with Gasteiger partial charge in [0.15, 0.2) is 5.65 Å². The molecule has 0 aromatic carbocycles. The van der Waals surface area contributed by atoms with E-state index < -0.39 is 0 Å². The van der Waals surface area contributed by atoms with Gasteiger partial charge in [-0.05, 0) is 26.3 Å². The minimum Gasteiger partial charge on any atom is -0.481 e. The van der Waals surface area contributed by atoms with E-state index >= 15 is 0 Å². The maximum Gasteiger partial charge on any atom is 0.212 e. The Morgan fingerprint density at radius 2 is 2.00 bits per heavy atom. The molecule has 0 saturated carbocycles. The summed E-state index contributed by atoms with van der Waals surface area (Å²) >= 11 is 0. The molecule has 1 fully saturated rings. The number of methoxy groups -OCH3 is 1. The number of ether oxygens (including phenoxy) is 1. The van der Waals surface area contributed by atoms with Crippen molar-refractivity contribution in [2.45, 2.75) is 33.4 Å². The largest absolute Gasteiger partial charge is 0.481 e. The van der Waals surface area contributed by atoms with Gasteiger partial charge in [-0.3, -0.25) is 4.90 Å². The predicted octanol–water partition coefficient (Wildman–Crippen LogP) is 2.46. The summed E-state index contributed by atoms with van der Waals surface area (Å²) in [7, 11) is 1.64. The predicted molar refractivity (Wildman–Crippen MR) is 105 cm³/mol. The van der Waals surface area contributed by atoms with E-state index in [1.165, 1.54) is 5.56 Å². The zero-order chi connectivity index (χ0) is 19.0. The van der Waals surface area contributed by atoms with Crippen LogP contribution in [0.15, 0.2) is 30.5 Å². The lowest BCUT2D eigenvalue weighted by atomic mass is 10.1. The fraction of sp³-hybridized carbons (Fsp3) is 0.450. The van der Waals surface area contributed by atoms with Gasteiger partial charge in [0.2, 0.25) is 5.88 Å². The van der Waals surface area contributed by atoms with Crippen LogP contribution in [0.5, 0.6) is 5.88 Å². The molecule has 1 atom stereocenters. The summed E-state index contributed by atoms with van der Waals surface area (Å²) in [4.78, 5) is 13.8. The van der Waals surface area contributed by atoms with Crippen LogP contribution in [0.4, 0.5) is 5.82 Å². The standard InChI is InChI=1S/C20H26N6O/c1-14-10-20(26-18(22-14)9-15(2)23-26)25-8-7-24(16(3)12-25)13-17-5-6-19(27-4)21-11-17/h5-6,9-11,16H,7-8,12-13H2,1-4H3. The second-order valence-corrected chi connectivity index (χ2v) is 7.29. The highest BCUT2D eigenvalue weighted by Crippen LogP contribution is 2.22. The molecule has 3 aromatic rings. The average Bonchev–Trinajstić information content (AvgIpc) is 3.03. The van der Waals surface area contributed by atoms with Crippen molar-refractivity contribution in [3.05, 3.63) is 47.4 Å². The molecule has 142 valence electrons. The van der Waals surface area contributed by atoms with Crippen molar-refractivity contribution in [2.24, 2.45) is 0 Å². The highest BCUT2D eigenvalue weighted by molar-refractivity contribution is 5.52. The fourth-order valence-corrected chi connectivity index (χ4v) is 3.72. The van der Waals surface area contributed by atoms with E-state index in [1.807, 2.05) is 36.7 Å². The van der Waals surface area contributed by atoms with Crippen LogP contribution in [0.3, 0.4) is 0 Å². The molecule has 4 heterocycles. The molecule has 7 heteroatoms. The van der Waals surface area contributed by atoms with E-state index in [9.17, 15) is 0 Å². The molecule has 0 aliphatic carbocycles. The number of hydrogen-bond donors (Lipinski definition) is 0. The van der Waals surface area contributed by atoms with E-state index in [1.54, 1.807) is 7.11 Å². The highest BCUT2D eigenvalue weighted by atomic mass is 16.5. The van der Waals surface area contributed by atoms with E-state index in [-0.39, 0.29) is 0 Å². The van der Waals surface area contributed by atoms with Crippen molar-refractivity contribution in [1.82, 2.24) is 24.5 Å². The molecule has 1 aliphatic heterocycles. The number of aromatic nitrogens is 4. The first-order chi connectivity index (χ1) is 13.0. The van der Waals surface area contributed by atoms with Crippen molar-refractivity contribution in [3.8, 4) is 5.88 Å². The maximum absolute atomic E-state index is 5.15. The first-order valence-corrected chi connectivity index (χ1v) is 9.35. The molecule has 3 aromatic heterocycles. The van der Waals surface area contributed by atoms with Crippen molar-refractivity contribution in [3.63, 3.8) is 0 Å². The van der Waals surface area contributed by atoms with Crippen LogP contribution in [0.2, 0.25) is 0 Å². The van der Waals surface area contributed by atoms with Gasteiger partial charge in [-0.2, -0.15) is 9.61 Å². The molecule has 7 nitrogen and oxygen atoms in total. The smallest absolute Gasteiger partial charge is 0.212 e. The first kappa shape index (κ1) is 17.7. The van der Waals surface area contributed by atoms with Gasteiger partial charge in [-0.15, -0.1) is 0 Å². The second-order valence-electron chi connectivity index (χ2n) is 7.29. The number of nitrogens with zero attached hydrogens (tertiary/aromatic N) is 6. The van der Waals surface area contributed by atoms with Crippen LogP contribution in [0, 0.1) is 13.8 Å². The summed E-state index contributed by atoms with van der Waals surface area (Å²) in [5.41, 5.74) is 4.15. The van der Waals surface area contributed by atoms with Gasteiger partial charge in [-0.25, -0.2) is 9.97 Å². The molecular weight excluding hydrogens is 340 g/mol. The SMILES string of the molecule is COc1ccc(CN2CCN(c3cc(C)nc4cc(C)nn34)CC2C)cn1. The molecule has 1 saturated heterocycles. The Balaban J connectivity index is 1.50. The third kappa shape index (κ3) is 3.60. The third-order valence-electron chi connectivity index (χ3n) is 5.14. The Labute approximate surface area is 159 Å². The maximum atomic E-state index is 5.15. The van der Waals surface area contributed by atoms with Gasteiger partial charge >= 0.3 is 0 Å². The van der Waals surface area contributed by atoms with E-state index in [0.717, 1.165) is 49.0 Å². The summed E-state index contributed by atoms with van der Waals surface area (Å²) in [5, 5.41) is 4.64. The number of rotatable bonds is 4. The van der Waals surface area contributed by atoms with Crippen LogP contribution >= 0.6 is 0 Å². The number of aryl methyl sites for hydroxylation is 2. The van der Waals surface area contributed by atoms with Gasteiger partial charge in [-0.1, -0.05) is 6.07 Å². The molecule has 0 bridgehead atoms. The minimum absolute atomic E-state index is 0.432. The van der Waals surface area contributed by atoms with E-state index in [0.29, 0.717) is 11.9 Å². The molecule has 0 N–H and O–H groups in total. The van der Waals surface area contributed by atoms with Crippen LogP contribution in [-0.4, -0.2) is 57.3 Å². The third-order valence-corrected chi connectivity index (χ3v) is 5.14. The molecule has 1 aliphatic rings. The van der Waals surface area contributed by atoms with Crippen LogP contribution in [0.1, 0.15) is 23.9 Å². The lowest BCUT2D eigenvalue weighted by Gasteiger charge is -2.40. The Kier molecular flexibility index (Phi) is 4.70. The van der Waals surface area contributed by atoms with E-state index in [2.05, 4.69) is 43.9 Å². The van der Waals surface area contributed by atoms with Gasteiger partial charge in [0.1, 0.15) is 5.82 Å². The highest BCUT2D eigenvalue weighted by Gasteiger charge is 2.26. The Morgan fingerprint density at radius 3 is 2.70 bits per heavy atom. The first-order valence-electron chi connectivity index (χ1n) is 9.35. The summed E-state index contributed by atoms with van der Waals surface area (Å²) in [5.74, 6) is 1.78. The number of hydrogen-bond acceptors (Lipinski definition) is 6. The van der Waals surface area contributed by atoms with Crippen LogP contribution < -0.4 is 9.64 Å². The Hall–Kier alpha value is -2.67. The molecular formula is C20H26N6O. The van der Waals surface area contributed by atoms with Crippen molar-refractivity contribution in [2.75, 3.05) is 31.6 Å². The van der Waals surface area contributed by atoms with Gasteiger partial charge < -0.3 is 9.64 Å². The summed E-state index contributed by atoms with van der Waals surface area (Å²) in [6.07, 6.45) is 1.90. The number of anilines is 1. The molecule has 0 spiro atoms. The number of fused-ring (bicyclic) bond motifs is 1. The van der Waals surface area contributed by atoms with Crippen molar-refractivity contribution < 1.29 is 4.74 Å². The van der Waals surface area contributed by atoms with Crippen LogP contribution in [0.25, 0.3) is 5.65 Å². The Morgan fingerprint density at radius 1 is 1.15 bits per heavy atom. The molecule has 0 radical (unpaired) electrons. The number of pyridine rings is 1. The van der Waals surface area contributed by atoms with Gasteiger partial charge in [0.05, 0.1) is 12.8 Å². The normalized spacial score (nSPS) is 18.2. The van der Waals surface area contributed by atoms with Gasteiger partial charge in [0.25, 0.3) is 0 Å². The van der Waals surface area contributed by atoms with Crippen LogP contribution in [-0.2, 0) is 6.54 Å². The van der Waals surface area contributed by atoms with Crippen molar-refractivity contribution >= 4 is 11.5 Å². The number of piperazine rings is 1. The molecule has 4 rings (SSSR count). The second kappa shape index (κ2) is 7.15. The topological polar surface area (TPSA) is 58.8 Å². The summed E-state index contributed by atoms with van der Waals surface area (Å²) < 4.78 is 7.12. The zero-order valence-corrected chi connectivity index (χ0v) is 16.4. The van der Waals surface area contributed by atoms with Crippen molar-refractivity contribution in [1.29, 1.82) is 0 Å². The van der Waals surface area contributed by atoms with E-state index in [4.69, 9.17) is 4.74 Å². The fourth-order valence-electron chi connectivity index (χ4n) is 3.72. The molecule has 27 heavy (non-hydrogen) atoms. The Bertz CT molecular complexity index is 936. The molecule has 1 unspecified atom stereocenters. The zero-order valence-electron chi connectivity index (χ0n) is 16.4. The quantitative estimate of drug-likeness (QED) is 0.707. The summed E-state index contributed by atoms with van der Waals surface area (Å²) in [6, 6.07) is 8.61. The minimum atomic E-state index is 0.432. The monoisotopic (exact) mass is 366 g/mol. The lowest BCUT2D eigenvalue weighted by molar-refractivity contribution is 0.180. The lowest BCUT2D eigenvalue weighted by Crippen LogP contribution is -2.52. The molecule has 0 amide bonds. The average molecular weight is 366 g/mol.